The molecule has 0 aliphatic heterocycles. The Morgan fingerprint density at radius 2 is 2.29 bits per heavy atom. The van der Waals surface area contributed by atoms with E-state index in [-0.39, 0.29) is 18.4 Å². The Kier molecular flexibility index (Phi) is 5.04. The van der Waals surface area contributed by atoms with Gasteiger partial charge in [-0.3, -0.25) is 9.59 Å². The van der Waals surface area contributed by atoms with Gasteiger partial charge in [-0.1, -0.05) is 11.4 Å². The minimum absolute atomic E-state index is 0.282. The third kappa shape index (κ3) is 3.88. The molecule has 0 fully saturated rings. The first kappa shape index (κ1) is 15.2. The number of nitrogens with one attached hydrogen (secondary N) is 2. The summed E-state index contributed by atoms with van der Waals surface area (Å²) in [6.45, 7) is 3.80. The summed E-state index contributed by atoms with van der Waals surface area (Å²) in [6, 6.07) is 2.86. The average molecular weight is 308 g/mol. The first-order valence-electron chi connectivity index (χ1n) is 6.54. The van der Waals surface area contributed by atoms with Gasteiger partial charge in [-0.25, -0.2) is 0 Å². The minimum atomic E-state index is -0.653. The van der Waals surface area contributed by atoms with Crippen LogP contribution in [-0.2, 0) is 17.8 Å². The number of hydrogen-bond donors (Lipinski definition) is 2. The predicted molar refractivity (Wildman–Crippen MR) is 76.8 cm³/mol. The van der Waals surface area contributed by atoms with Crippen molar-refractivity contribution in [3.05, 3.63) is 34.7 Å². The van der Waals surface area contributed by atoms with Crippen molar-refractivity contribution in [1.82, 2.24) is 20.2 Å². The van der Waals surface area contributed by atoms with Crippen molar-refractivity contribution < 1.29 is 14.0 Å². The summed E-state index contributed by atoms with van der Waals surface area (Å²) >= 11 is 1.03. The molecule has 0 aliphatic carbocycles. The maximum Gasteiger partial charge on any atom is 0.265 e. The van der Waals surface area contributed by atoms with E-state index in [4.69, 9.17) is 4.42 Å². The predicted octanol–water partition coefficient (Wildman–Crippen LogP) is 1.13. The zero-order valence-electron chi connectivity index (χ0n) is 11.8. The van der Waals surface area contributed by atoms with E-state index in [1.54, 1.807) is 19.1 Å². The van der Waals surface area contributed by atoms with Crippen molar-refractivity contribution in [2.75, 3.05) is 0 Å². The molecule has 0 aliphatic rings. The lowest BCUT2D eigenvalue weighted by atomic mass is 10.2. The third-order valence-corrected chi connectivity index (χ3v) is 3.62. The van der Waals surface area contributed by atoms with Gasteiger partial charge in [0, 0.05) is 0 Å². The molecule has 21 heavy (non-hydrogen) atoms. The number of rotatable bonds is 6. The van der Waals surface area contributed by atoms with Gasteiger partial charge in [0.25, 0.3) is 5.91 Å². The van der Waals surface area contributed by atoms with Crippen LogP contribution in [0.3, 0.4) is 0 Å². The highest BCUT2D eigenvalue weighted by molar-refractivity contribution is 7.08. The number of nitrogens with zero attached hydrogens (tertiary/aromatic N) is 2. The zero-order valence-corrected chi connectivity index (χ0v) is 12.6. The highest BCUT2D eigenvalue weighted by Gasteiger charge is 2.20. The highest BCUT2D eigenvalue weighted by atomic mass is 32.1. The summed E-state index contributed by atoms with van der Waals surface area (Å²) in [5.74, 6) is 0.0413. The SMILES string of the molecule is CCc1nnsc1C(=O)N[C@@H](C)C(=O)NCc1ccco1. The first-order valence-corrected chi connectivity index (χ1v) is 7.31. The van der Waals surface area contributed by atoms with Crippen LogP contribution in [0.2, 0.25) is 0 Å². The monoisotopic (exact) mass is 308 g/mol. The van der Waals surface area contributed by atoms with Crippen molar-refractivity contribution >= 4 is 23.3 Å². The van der Waals surface area contributed by atoms with Crippen LogP contribution in [0.5, 0.6) is 0 Å². The molecule has 0 unspecified atom stereocenters. The molecule has 112 valence electrons. The topological polar surface area (TPSA) is 97.1 Å². The van der Waals surface area contributed by atoms with Gasteiger partial charge in [0.1, 0.15) is 16.7 Å². The molecule has 2 heterocycles. The molecule has 8 heteroatoms. The van der Waals surface area contributed by atoms with E-state index in [2.05, 4.69) is 20.2 Å². The maximum atomic E-state index is 12.1. The maximum absolute atomic E-state index is 12.1. The second-order valence-electron chi connectivity index (χ2n) is 4.39. The lowest BCUT2D eigenvalue weighted by molar-refractivity contribution is -0.122. The normalized spacial score (nSPS) is 11.9. The molecule has 0 aromatic carbocycles. The fourth-order valence-electron chi connectivity index (χ4n) is 1.68. The molecule has 1 atom stereocenters. The van der Waals surface area contributed by atoms with Crippen LogP contribution in [0.4, 0.5) is 0 Å². The summed E-state index contributed by atoms with van der Waals surface area (Å²) in [5, 5.41) is 9.20. The molecule has 2 aromatic rings. The van der Waals surface area contributed by atoms with Crippen molar-refractivity contribution in [2.45, 2.75) is 32.9 Å². The van der Waals surface area contributed by atoms with Crippen LogP contribution in [0.15, 0.2) is 22.8 Å². The summed E-state index contributed by atoms with van der Waals surface area (Å²) in [6.07, 6.45) is 2.16. The molecule has 2 amide bonds. The van der Waals surface area contributed by atoms with Gasteiger partial charge >= 0.3 is 0 Å². The Morgan fingerprint density at radius 1 is 1.48 bits per heavy atom. The Morgan fingerprint density at radius 3 is 2.95 bits per heavy atom. The number of furan rings is 1. The molecule has 7 nitrogen and oxygen atoms in total. The highest BCUT2D eigenvalue weighted by Crippen LogP contribution is 2.11. The van der Waals surface area contributed by atoms with Gasteiger partial charge in [-0.05, 0) is 37.0 Å². The van der Waals surface area contributed by atoms with Gasteiger partial charge < -0.3 is 15.1 Å². The largest absolute Gasteiger partial charge is 0.467 e. The number of carbonyl (C=O) groups is 2. The summed E-state index contributed by atoms with van der Waals surface area (Å²) in [5.41, 5.74) is 0.640. The molecule has 0 radical (unpaired) electrons. The van der Waals surface area contributed by atoms with Crippen molar-refractivity contribution in [1.29, 1.82) is 0 Å². The Hall–Kier alpha value is -2.22. The van der Waals surface area contributed by atoms with Gasteiger partial charge in [0.2, 0.25) is 5.91 Å². The van der Waals surface area contributed by atoms with E-state index in [0.717, 1.165) is 11.5 Å². The van der Waals surface area contributed by atoms with Crippen LogP contribution in [0.25, 0.3) is 0 Å². The molecule has 0 spiro atoms. The first-order chi connectivity index (χ1) is 10.1. The van der Waals surface area contributed by atoms with Crippen LogP contribution in [0, 0.1) is 0 Å². The minimum Gasteiger partial charge on any atom is -0.467 e. The number of hydrogen-bond acceptors (Lipinski definition) is 6. The van der Waals surface area contributed by atoms with Gasteiger partial charge in [0.05, 0.1) is 18.5 Å². The Labute approximate surface area is 125 Å². The standard InChI is InChI=1S/C13H16N4O3S/c1-3-10-11(21-17-16-10)13(19)15-8(2)12(18)14-7-9-5-4-6-20-9/h4-6,8H,3,7H2,1-2H3,(H,14,18)(H,15,19)/t8-/m0/s1. The summed E-state index contributed by atoms with van der Waals surface area (Å²) in [4.78, 5) is 24.4. The van der Waals surface area contributed by atoms with E-state index < -0.39 is 6.04 Å². The van der Waals surface area contributed by atoms with Crippen molar-refractivity contribution in [3.63, 3.8) is 0 Å². The molecule has 0 saturated heterocycles. The second-order valence-corrected chi connectivity index (χ2v) is 5.15. The molecule has 2 rings (SSSR count). The zero-order chi connectivity index (χ0) is 15.2. The van der Waals surface area contributed by atoms with Crippen LogP contribution < -0.4 is 10.6 Å². The average Bonchev–Trinajstić information content (AvgIpc) is 3.15. The fourth-order valence-corrected chi connectivity index (χ4v) is 2.33. The van der Waals surface area contributed by atoms with E-state index >= 15 is 0 Å². The smallest absolute Gasteiger partial charge is 0.265 e. The fraction of sp³-hybridized carbons (Fsp3) is 0.385. The number of aryl methyl sites for hydroxylation is 1. The van der Waals surface area contributed by atoms with Crippen LogP contribution in [-0.4, -0.2) is 27.4 Å². The molecule has 2 aromatic heterocycles. The summed E-state index contributed by atoms with van der Waals surface area (Å²) in [7, 11) is 0. The molecule has 0 saturated carbocycles. The van der Waals surface area contributed by atoms with Crippen molar-refractivity contribution in [3.8, 4) is 0 Å². The van der Waals surface area contributed by atoms with Crippen molar-refractivity contribution in [2.24, 2.45) is 0 Å². The summed E-state index contributed by atoms with van der Waals surface area (Å²) < 4.78 is 8.87. The number of aromatic nitrogens is 2. The van der Waals surface area contributed by atoms with Crippen LogP contribution >= 0.6 is 11.5 Å². The lowest BCUT2D eigenvalue weighted by Crippen LogP contribution is -2.44. The quantitative estimate of drug-likeness (QED) is 0.833. The second kappa shape index (κ2) is 6.98. The van der Waals surface area contributed by atoms with E-state index in [1.165, 1.54) is 6.26 Å². The van der Waals surface area contributed by atoms with Gasteiger partial charge in [0.15, 0.2) is 0 Å². The third-order valence-electron chi connectivity index (χ3n) is 2.85. The lowest BCUT2D eigenvalue weighted by Gasteiger charge is -2.13. The molecular weight excluding hydrogens is 292 g/mol. The Bertz CT molecular complexity index is 609. The van der Waals surface area contributed by atoms with Crippen LogP contribution in [0.1, 0.15) is 35.0 Å². The number of carbonyl (C=O) groups excluding carboxylic acids is 2. The van der Waals surface area contributed by atoms with E-state index in [0.29, 0.717) is 22.8 Å². The van der Waals surface area contributed by atoms with E-state index in [9.17, 15) is 9.59 Å². The molecule has 2 N–H and O–H groups in total. The van der Waals surface area contributed by atoms with E-state index in [1.807, 2.05) is 6.92 Å². The molecular formula is C13H16N4O3S. The Balaban J connectivity index is 1.87. The molecule has 0 bridgehead atoms. The number of amides is 2. The van der Waals surface area contributed by atoms with Gasteiger partial charge in [-0.2, -0.15) is 0 Å². The van der Waals surface area contributed by atoms with Gasteiger partial charge in [-0.15, -0.1) is 5.10 Å².